The van der Waals surface area contributed by atoms with E-state index in [9.17, 15) is 0 Å². The third-order valence-electron chi connectivity index (χ3n) is 4.35. The van der Waals surface area contributed by atoms with Crippen LogP contribution in [-0.4, -0.2) is 39.1 Å². The van der Waals surface area contributed by atoms with Crippen molar-refractivity contribution in [3.8, 4) is 0 Å². The maximum Gasteiger partial charge on any atom is 0.202 e. The molecule has 2 aromatic heterocycles. The lowest BCUT2D eigenvalue weighted by Gasteiger charge is -2.31. The van der Waals surface area contributed by atoms with E-state index < -0.39 is 0 Å². The van der Waals surface area contributed by atoms with Gasteiger partial charge in [0, 0.05) is 12.7 Å². The normalized spacial score (nSPS) is 17.9. The number of imidazole rings is 1. The summed E-state index contributed by atoms with van der Waals surface area (Å²) in [5.41, 5.74) is 9.03. The lowest BCUT2D eigenvalue weighted by Crippen LogP contribution is -2.34. The summed E-state index contributed by atoms with van der Waals surface area (Å²) >= 11 is 0. The zero-order valence-electron chi connectivity index (χ0n) is 12.3. The lowest BCUT2D eigenvalue weighted by molar-refractivity contribution is 0.182. The minimum absolute atomic E-state index is 0.594. The van der Waals surface area contributed by atoms with Crippen LogP contribution in [0.4, 0.5) is 5.95 Å². The Balaban J connectivity index is 1.79. The predicted octanol–water partition coefficient (Wildman–Crippen LogP) is 2.05. The third-order valence-corrected chi connectivity index (χ3v) is 4.35. The number of nitrogen functional groups attached to an aromatic ring is 1. The molecule has 0 bridgehead atoms. The van der Waals surface area contributed by atoms with E-state index in [0.717, 1.165) is 29.8 Å². The summed E-state index contributed by atoms with van der Waals surface area (Å²) in [6.07, 6.45) is 4.36. The molecule has 0 radical (unpaired) electrons. The van der Waals surface area contributed by atoms with E-state index in [1.165, 1.54) is 25.9 Å². The molecule has 5 nitrogen and oxygen atoms in total. The number of anilines is 1. The number of aromatic nitrogens is 3. The second-order valence-electron chi connectivity index (χ2n) is 5.81. The lowest BCUT2D eigenvalue weighted by atomic mass is 9.97. The molecule has 1 fully saturated rings. The first-order valence-corrected chi connectivity index (χ1v) is 7.48. The summed E-state index contributed by atoms with van der Waals surface area (Å²) in [4.78, 5) is 11.5. The van der Waals surface area contributed by atoms with Crippen LogP contribution in [0.25, 0.3) is 11.2 Å². The van der Waals surface area contributed by atoms with Crippen molar-refractivity contribution >= 4 is 17.1 Å². The van der Waals surface area contributed by atoms with Crippen molar-refractivity contribution in [1.29, 1.82) is 0 Å². The third kappa shape index (κ3) is 2.50. The Morgan fingerprint density at radius 2 is 2.10 bits per heavy atom. The maximum absolute atomic E-state index is 6.08. The Morgan fingerprint density at radius 3 is 2.80 bits per heavy atom. The van der Waals surface area contributed by atoms with E-state index in [4.69, 9.17) is 5.73 Å². The van der Waals surface area contributed by atoms with Gasteiger partial charge < -0.3 is 10.6 Å². The number of likely N-dealkylation sites (tertiary alicyclic amines) is 1. The first-order chi connectivity index (χ1) is 9.67. The fourth-order valence-electron chi connectivity index (χ4n) is 3.05. The Bertz CT molecular complexity index is 596. The highest BCUT2D eigenvalue weighted by atomic mass is 15.2. The standard InChI is InChI=1S/C15H23N5/c1-3-19-6-4-12(5-7-19)10-20-14-13(18-15(20)16)8-11(2)9-17-14/h8-9,12H,3-7,10H2,1-2H3,(H2,16,18). The molecule has 0 atom stereocenters. The number of pyridine rings is 1. The van der Waals surface area contributed by atoms with E-state index in [-0.39, 0.29) is 0 Å². The molecular formula is C15H23N5. The maximum atomic E-state index is 6.08. The number of rotatable bonds is 3. The Kier molecular flexibility index (Phi) is 3.61. The van der Waals surface area contributed by atoms with E-state index >= 15 is 0 Å². The predicted molar refractivity (Wildman–Crippen MR) is 81.5 cm³/mol. The van der Waals surface area contributed by atoms with Crippen molar-refractivity contribution in [3.05, 3.63) is 17.8 Å². The van der Waals surface area contributed by atoms with E-state index in [0.29, 0.717) is 11.9 Å². The summed E-state index contributed by atoms with van der Waals surface area (Å²) in [5.74, 6) is 1.27. The zero-order valence-corrected chi connectivity index (χ0v) is 12.3. The molecule has 2 N–H and O–H groups in total. The molecule has 3 heterocycles. The zero-order chi connectivity index (χ0) is 14.1. The number of aryl methyl sites for hydroxylation is 1. The van der Waals surface area contributed by atoms with Crippen molar-refractivity contribution < 1.29 is 0 Å². The smallest absolute Gasteiger partial charge is 0.202 e. The van der Waals surface area contributed by atoms with Gasteiger partial charge >= 0.3 is 0 Å². The monoisotopic (exact) mass is 273 g/mol. The van der Waals surface area contributed by atoms with Gasteiger partial charge in [-0.1, -0.05) is 6.92 Å². The van der Waals surface area contributed by atoms with Crippen LogP contribution in [-0.2, 0) is 6.54 Å². The number of nitrogens with two attached hydrogens (primary N) is 1. The van der Waals surface area contributed by atoms with Crippen molar-refractivity contribution in [2.24, 2.45) is 5.92 Å². The molecule has 0 unspecified atom stereocenters. The van der Waals surface area contributed by atoms with Gasteiger partial charge in [-0.25, -0.2) is 9.97 Å². The molecule has 1 saturated heterocycles. The SMILES string of the molecule is CCN1CCC(Cn2c(N)nc3cc(C)cnc32)CC1. The molecule has 0 saturated carbocycles. The van der Waals surface area contributed by atoms with Gasteiger partial charge in [0.2, 0.25) is 5.95 Å². The van der Waals surface area contributed by atoms with Crippen LogP contribution in [0.15, 0.2) is 12.3 Å². The summed E-state index contributed by atoms with van der Waals surface area (Å²) in [6, 6.07) is 2.05. The van der Waals surface area contributed by atoms with Gasteiger partial charge in [0.15, 0.2) is 5.65 Å². The average molecular weight is 273 g/mol. The summed E-state index contributed by atoms with van der Waals surface area (Å²) in [7, 11) is 0. The molecule has 3 rings (SSSR count). The van der Waals surface area contributed by atoms with Gasteiger partial charge in [-0.3, -0.25) is 4.57 Å². The van der Waals surface area contributed by atoms with Crippen LogP contribution in [0, 0.1) is 12.8 Å². The van der Waals surface area contributed by atoms with Gasteiger partial charge in [0.1, 0.15) is 5.52 Å². The minimum atomic E-state index is 0.594. The molecular weight excluding hydrogens is 250 g/mol. The first kappa shape index (κ1) is 13.4. The number of piperidine rings is 1. The molecule has 1 aliphatic heterocycles. The molecule has 5 heteroatoms. The molecule has 0 amide bonds. The Morgan fingerprint density at radius 1 is 1.35 bits per heavy atom. The topological polar surface area (TPSA) is 60.0 Å². The van der Waals surface area contributed by atoms with Crippen LogP contribution >= 0.6 is 0 Å². The quantitative estimate of drug-likeness (QED) is 0.930. The highest BCUT2D eigenvalue weighted by Gasteiger charge is 2.20. The van der Waals surface area contributed by atoms with Gasteiger partial charge in [0.05, 0.1) is 0 Å². The van der Waals surface area contributed by atoms with E-state index in [2.05, 4.69) is 32.4 Å². The fourth-order valence-corrected chi connectivity index (χ4v) is 3.05. The summed E-state index contributed by atoms with van der Waals surface area (Å²) in [6.45, 7) is 8.75. The van der Waals surface area contributed by atoms with Gasteiger partial charge in [0.25, 0.3) is 0 Å². The van der Waals surface area contributed by atoms with Crippen LogP contribution < -0.4 is 5.73 Å². The van der Waals surface area contributed by atoms with Crippen molar-refractivity contribution in [2.75, 3.05) is 25.4 Å². The number of nitrogens with zero attached hydrogens (tertiary/aromatic N) is 4. The number of fused-ring (bicyclic) bond motifs is 1. The average Bonchev–Trinajstić information content (AvgIpc) is 2.75. The van der Waals surface area contributed by atoms with Crippen LogP contribution in [0.2, 0.25) is 0 Å². The summed E-state index contributed by atoms with van der Waals surface area (Å²) < 4.78 is 2.08. The minimum Gasteiger partial charge on any atom is -0.369 e. The van der Waals surface area contributed by atoms with Crippen molar-refractivity contribution in [3.63, 3.8) is 0 Å². The molecule has 0 spiro atoms. The van der Waals surface area contributed by atoms with Crippen LogP contribution in [0.3, 0.4) is 0 Å². The largest absolute Gasteiger partial charge is 0.369 e. The number of hydrogen-bond donors (Lipinski definition) is 1. The molecule has 20 heavy (non-hydrogen) atoms. The molecule has 108 valence electrons. The highest BCUT2D eigenvalue weighted by Crippen LogP contribution is 2.23. The van der Waals surface area contributed by atoms with E-state index in [1.807, 2.05) is 13.1 Å². The highest BCUT2D eigenvalue weighted by molar-refractivity contribution is 5.74. The van der Waals surface area contributed by atoms with Crippen molar-refractivity contribution in [2.45, 2.75) is 33.2 Å². The van der Waals surface area contributed by atoms with Gasteiger partial charge in [-0.15, -0.1) is 0 Å². The molecule has 0 aromatic carbocycles. The molecule has 0 aliphatic carbocycles. The van der Waals surface area contributed by atoms with Gasteiger partial charge in [-0.2, -0.15) is 0 Å². The van der Waals surface area contributed by atoms with Crippen molar-refractivity contribution in [1.82, 2.24) is 19.4 Å². The van der Waals surface area contributed by atoms with E-state index in [1.54, 1.807) is 0 Å². The number of hydrogen-bond acceptors (Lipinski definition) is 4. The Hall–Kier alpha value is -1.62. The fraction of sp³-hybridized carbons (Fsp3) is 0.600. The molecule has 1 aliphatic rings. The van der Waals surface area contributed by atoms with Crippen LogP contribution in [0.1, 0.15) is 25.3 Å². The first-order valence-electron chi connectivity index (χ1n) is 7.48. The Labute approximate surface area is 119 Å². The summed E-state index contributed by atoms with van der Waals surface area (Å²) in [5, 5.41) is 0. The van der Waals surface area contributed by atoms with Gasteiger partial charge in [-0.05, 0) is 56.9 Å². The second kappa shape index (κ2) is 5.40. The van der Waals surface area contributed by atoms with Crippen LogP contribution in [0.5, 0.6) is 0 Å². The molecule has 2 aromatic rings. The second-order valence-corrected chi connectivity index (χ2v) is 5.81.